The lowest BCUT2D eigenvalue weighted by molar-refractivity contribution is -0.121. The van der Waals surface area contributed by atoms with Crippen LogP contribution >= 0.6 is 12.4 Å². The quantitative estimate of drug-likeness (QED) is 0.808. The number of rotatable bonds is 7. The van der Waals surface area contributed by atoms with E-state index in [1.54, 1.807) is 7.11 Å². The molecule has 0 spiro atoms. The summed E-state index contributed by atoms with van der Waals surface area (Å²) in [6, 6.07) is 7.93. The van der Waals surface area contributed by atoms with Crippen LogP contribution in [0, 0.1) is 5.92 Å². The number of benzene rings is 1. The van der Waals surface area contributed by atoms with E-state index in [9.17, 15) is 4.79 Å². The minimum Gasteiger partial charge on any atom is -0.497 e. The second-order valence-electron chi connectivity index (χ2n) is 5.16. The van der Waals surface area contributed by atoms with Gasteiger partial charge in [-0.25, -0.2) is 0 Å². The molecule has 1 amide bonds. The fraction of sp³-hybridized carbons (Fsp3) is 0.533. The van der Waals surface area contributed by atoms with Crippen LogP contribution in [0.5, 0.6) is 5.75 Å². The number of carbonyl (C=O) groups is 1. The van der Waals surface area contributed by atoms with E-state index in [0.717, 1.165) is 17.7 Å². The van der Waals surface area contributed by atoms with Crippen molar-refractivity contribution in [2.75, 3.05) is 13.7 Å². The van der Waals surface area contributed by atoms with Crippen LogP contribution in [-0.2, 0) is 11.2 Å². The highest BCUT2D eigenvalue weighted by Crippen LogP contribution is 2.31. The third-order valence-corrected chi connectivity index (χ3v) is 3.54. The molecule has 112 valence electrons. The Bertz CT molecular complexity index is 436. The molecule has 1 aromatic carbocycles. The number of carbonyl (C=O) groups excluding carboxylic acids is 1. The first-order valence-corrected chi connectivity index (χ1v) is 6.84. The predicted octanol–water partition coefficient (Wildman–Crippen LogP) is 1.90. The van der Waals surface area contributed by atoms with Gasteiger partial charge in [0.05, 0.1) is 7.11 Å². The number of ether oxygens (including phenoxy) is 1. The molecule has 0 aliphatic heterocycles. The van der Waals surface area contributed by atoms with Gasteiger partial charge >= 0.3 is 0 Å². The molecule has 4 nitrogen and oxygen atoms in total. The molecule has 1 atom stereocenters. The SMILES string of the molecule is COc1cccc(CCC(=O)NCC(N)C2CC2)c1.Cl. The molecule has 0 saturated heterocycles. The molecule has 2 rings (SSSR count). The van der Waals surface area contributed by atoms with Crippen LogP contribution in [0.25, 0.3) is 0 Å². The van der Waals surface area contributed by atoms with Gasteiger partial charge in [0, 0.05) is 19.0 Å². The molecule has 0 radical (unpaired) electrons. The fourth-order valence-electron chi connectivity index (χ4n) is 2.10. The molecular weight excluding hydrogens is 276 g/mol. The van der Waals surface area contributed by atoms with Gasteiger partial charge in [0.1, 0.15) is 5.75 Å². The summed E-state index contributed by atoms with van der Waals surface area (Å²) in [6.07, 6.45) is 3.63. The van der Waals surface area contributed by atoms with Gasteiger partial charge in [0.25, 0.3) is 0 Å². The molecule has 5 heteroatoms. The Labute approximate surface area is 126 Å². The largest absolute Gasteiger partial charge is 0.497 e. The Balaban J connectivity index is 0.00000200. The number of nitrogens with two attached hydrogens (primary N) is 1. The molecule has 0 aromatic heterocycles. The van der Waals surface area contributed by atoms with E-state index in [0.29, 0.717) is 18.9 Å². The second-order valence-corrected chi connectivity index (χ2v) is 5.16. The molecule has 20 heavy (non-hydrogen) atoms. The summed E-state index contributed by atoms with van der Waals surface area (Å²) < 4.78 is 5.16. The summed E-state index contributed by atoms with van der Waals surface area (Å²) in [5.74, 6) is 1.52. The normalized spacial score (nSPS) is 15.1. The van der Waals surface area contributed by atoms with Crippen molar-refractivity contribution in [2.24, 2.45) is 11.7 Å². The van der Waals surface area contributed by atoms with Crippen LogP contribution < -0.4 is 15.8 Å². The highest BCUT2D eigenvalue weighted by Gasteiger charge is 2.28. The summed E-state index contributed by atoms with van der Waals surface area (Å²) in [5.41, 5.74) is 7.05. The Kier molecular flexibility index (Phi) is 6.82. The van der Waals surface area contributed by atoms with Crippen molar-refractivity contribution in [1.29, 1.82) is 0 Å². The van der Waals surface area contributed by atoms with Gasteiger partial charge in [0.2, 0.25) is 5.91 Å². The maximum Gasteiger partial charge on any atom is 0.220 e. The van der Waals surface area contributed by atoms with Gasteiger partial charge in [-0.3, -0.25) is 4.79 Å². The third-order valence-electron chi connectivity index (χ3n) is 3.54. The number of hydrogen-bond acceptors (Lipinski definition) is 3. The smallest absolute Gasteiger partial charge is 0.220 e. The second kappa shape index (κ2) is 8.12. The molecule has 1 aliphatic rings. The van der Waals surface area contributed by atoms with Crippen molar-refractivity contribution in [3.05, 3.63) is 29.8 Å². The summed E-state index contributed by atoms with van der Waals surface area (Å²) in [5, 5.41) is 2.91. The van der Waals surface area contributed by atoms with E-state index in [2.05, 4.69) is 5.32 Å². The van der Waals surface area contributed by atoms with E-state index in [1.807, 2.05) is 24.3 Å². The lowest BCUT2D eigenvalue weighted by Crippen LogP contribution is -2.38. The van der Waals surface area contributed by atoms with E-state index < -0.39 is 0 Å². The predicted molar refractivity (Wildman–Crippen MR) is 82.3 cm³/mol. The van der Waals surface area contributed by atoms with Gasteiger partial charge in [-0.2, -0.15) is 0 Å². The zero-order chi connectivity index (χ0) is 13.7. The number of amides is 1. The molecular formula is C15H23ClN2O2. The molecule has 3 N–H and O–H groups in total. The monoisotopic (exact) mass is 298 g/mol. The highest BCUT2D eigenvalue weighted by atomic mass is 35.5. The third kappa shape index (κ3) is 5.39. The van der Waals surface area contributed by atoms with E-state index >= 15 is 0 Å². The van der Waals surface area contributed by atoms with Crippen LogP contribution in [0.3, 0.4) is 0 Å². The van der Waals surface area contributed by atoms with Crippen LogP contribution in [0.1, 0.15) is 24.8 Å². The van der Waals surface area contributed by atoms with Crippen LogP contribution in [-0.4, -0.2) is 25.6 Å². The van der Waals surface area contributed by atoms with Crippen molar-refractivity contribution in [3.63, 3.8) is 0 Å². The minimum atomic E-state index is 0. The maximum absolute atomic E-state index is 11.7. The van der Waals surface area contributed by atoms with Crippen LogP contribution in [0.2, 0.25) is 0 Å². The Morgan fingerprint density at radius 3 is 2.90 bits per heavy atom. The summed E-state index contributed by atoms with van der Waals surface area (Å²) in [6.45, 7) is 0.599. The van der Waals surface area contributed by atoms with Gasteiger partial charge < -0.3 is 15.8 Å². The Morgan fingerprint density at radius 1 is 1.50 bits per heavy atom. The molecule has 1 aliphatic carbocycles. The van der Waals surface area contributed by atoms with Crippen molar-refractivity contribution < 1.29 is 9.53 Å². The molecule has 0 bridgehead atoms. The first-order valence-electron chi connectivity index (χ1n) is 6.84. The average Bonchev–Trinajstić information content (AvgIpc) is 3.27. The number of hydrogen-bond donors (Lipinski definition) is 2. The molecule has 1 saturated carbocycles. The topological polar surface area (TPSA) is 64.3 Å². The van der Waals surface area contributed by atoms with Gasteiger partial charge in [-0.05, 0) is 42.9 Å². The van der Waals surface area contributed by atoms with E-state index in [4.69, 9.17) is 10.5 Å². The Morgan fingerprint density at radius 2 is 2.25 bits per heavy atom. The van der Waals surface area contributed by atoms with E-state index in [-0.39, 0.29) is 24.4 Å². The van der Waals surface area contributed by atoms with E-state index in [1.165, 1.54) is 12.8 Å². The van der Waals surface area contributed by atoms with Crippen molar-refractivity contribution >= 4 is 18.3 Å². The zero-order valence-electron chi connectivity index (χ0n) is 11.8. The summed E-state index contributed by atoms with van der Waals surface area (Å²) >= 11 is 0. The molecule has 1 fully saturated rings. The average molecular weight is 299 g/mol. The molecule has 0 heterocycles. The van der Waals surface area contributed by atoms with Gasteiger partial charge in [-0.1, -0.05) is 12.1 Å². The molecule has 1 aromatic rings. The first kappa shape index (κ1) is 16.8. The highest BCUT2D eigenvalue weighted by molar-refractivity contribution is 5.85. The molecule has 1 unspecified atom stereocenters. The van der Waals surface area contributed by atoms with Gasteiger partial charge in [0.15, 0.2) is 0 Å². The summed E-state index contributed by atoms with van der Waals surface area (Å²) in [7, 11) is 1.64. The lowest BCUT2D eigenvalue weighted by Gasteiger charge is -2.11. The summed E-state index contributed by atoms with van der Waals surface area (Å²) in [4.78, 5) is 11.7. The van der Waals surface area contributed by atoms with Crippen molar-refractivity contribution in [1.82, 2.24) is 5.32 Å². The first-order chi connectivity index (χ1) is 9.19. The van der Waals surface area contributed by atoms with Crippen LogP contribution in [0.15, 0.2) is 24.3 Å². The Hall–Kier alpha value is -1.26. The maximum atomic E-state index is 11.7. The minimum absolute atomic E-state index is 0. The number of aryl methyl sites for hydroxylation is 1. The number of methoxy groups -OCH3 is 1. The zero-order valence-corrected chi connectivity index (χ0v) is 12.6. The fourth-order valence-corrected chi connectivity index (χ4v) is 2.10. The van der Waals surface area contributed by atoms with Crippen molar-refractivity contribution in [2.45, 2.75) is 31.7 Å². The standard InChI is InChI=1S/C15H22N2O2.ClH/c1-19-13-4-2-3-11(9-13)5-8-15(18)17-10-14(16)12-6-7-12;/h2-4,9,12,14H,5-8,10,16H2,1H3,(H,17,18);1H. The van der Waals surface area contributed by atoms with Crippen LogP contribution in [0.4, 0.5) is 0 Å². The lowest BCUT2D eigenvalue weighted by atomic mass is 10.1. The number of halogens is 1. The number of nitrogens with one attached hydrogen (secondary N) is 1. The van der Waals surface area contributed by atoms with Gasteiger partial charge in [-0.15, -0.1) is 12.4 Å². The van der Waals surface area contributed by atoms with Crippen molar-refractivity contribution in [3.8, 4) is 5.75 Å².